The van der Waals surface area contributed by atoms with Crippen molar-refractivity contribution in [3.05, 3.63) is 11.4 Å². The molecule has 2 amide bonds. The van der Waals surface area contributed by atoms with Crippen molar-refractivity contribution >= 4 is 23.6 Å². The summed E-state index contributed by atoms with van der Waals surface area (Å²) in [5.41, 5.74) is 1.76. The molecule has 0 aliphatic carbocycles. The molecular formula is C17H26N6O3. The molecule has 1 saturated heterocycles. The van der Waals surface area contributed by atoms with Crippen molar-refractivity contribution < 1.29 is 14.7 Å². The lowest BCUT2D eigenvalue weighted by atomic mass is 10.1. The lowest BCUT2D eigenvalue weighted by Crippen LogP contribution is -2.49. The van der Waals surface area contributed by atoms with E-state index in [2.05, 4.69) is 10.2 Å². The molecule has 9 heteroatoms. The number of anilines is 2. The predicted molar refractivity (Wildman–Crippen MR) is 97.4 cm³/mol. The van der Waals surface area contributed by atoms with Gasteiger partial charge in [-0.15, -0.1) is 0 Å². The van der Waals surface area contributed by atoms with Gasteiger partial charge < -0.3 is 25.1 Å². The third kappa shape index (κ3) is 3.81. The number of hydrogen-bond donors (Lipinski definition) is 2. The molecule has 2 N–H and O–H groups in total. The first-order valence-corrected chi connectivity index (χ1v) is 8.99. The maximum absolute atomic E-state index is 11.7. The number of fused-ring (bicyclic) bond motifs is 1. The van der Waals surface area contributed by atoms with Crippen LogP contribution in [0.4, 0.5) is 16.4 Å². The fourth-order valence-electron chi connectivity index (χ4n) is 3.29. The molecule has 3 heterocycles. The molecule has 1 aromatic rings. The zero-order chi connectivity index (χ0) is 18.8. The highest BCUT2D eigenvalue weighted by atomic mass is 16.4. The average Bonchev–Trinajstić information content (AvgIpc) is 2.60. The normalized spacial score (nSPS) is 17.3. The summed E-state index contributed by atoms with van der Waals surface area (Å²) in [6.45, 7) is 8.86. The van der Waals surface area contributed by atoms with Crippen molar-refractivity contribution in [2.75, 3.05) is 42.9 Å². The highest BCUT2D eigenvalue weighted by Gasteiger charge is 2.27. The summed E-state index contributed by atoms with van der Waals surface area (Å²) in [7, 11) is 0. The largest absolute Gasteiger partial charge is 0.465 e. The highest BCUT2D eigenvalue weighted by molar-refractivity contribution is 5.73. The number of carboxylic acid groups (broad SMARTS) is 1. The zero-order valence-corrected chi connectivity index (χ0v) is 15.5. The molecule has 0 bridgehead atoms. The van der Waals surface area contributed by atoms with Crippen molar-refractivity contribution in [2.24, 2.45) is 0 Å². The molecule has 0 atom stereocenters. The van der Waals surface area contributed by atoms with Gasteiger partial charge in [0.05, 0.1) is 17.9 Å². The molecule has 26 heavy (non-hydrogen) atoms. The monoisotopic (exact) mass is 362 g/mol. The van der Waals surface area contributed by atoms with Crippen molar-refractivity contribution in [3.8, 4) is 0 Å². The quantitative estimate of drug-likeness (QED) is 0.827. The second kappa shape index (κ2) is 7.35. The molecule has 0 aromatic carbocycles. The Labute approximate surface area is 153 Å². The van der Waals surface area contributed by atoms with Gasteiger partial charge in [-0.05, 0) is 13.8 Å². The minimum absolute atomic E-state index is 0.0460. The maximum atomic E-state index is 11.7. The van der Waals surface area contributed by atoms with E-state index in [-0.39, 0.29) is 11.9 Å². The molecule has 0 spiro atoms. The van der Waals surface area contributed by atoms with E-state index in [4.69, 9.17) is 15.1 Å². The number of hydrogen-bond acceptors (Lipinski definition) is 6. The Morgan fingerprint density at radius 2 is 1.73 bits per heavy atom. The van der Waals surface area contributed by atoms with Gasteiger partial charge in [0.15, 0.2) is 11.6 Å². The van der Waals surface area contributed by atoms with Gasteiger partial charge in [-0.2, -0.15) is 0 Å². The summed E-state index contributed by atoms with van der Waals surface area (Å²) in [4.78, 5) is 37.7. The number of amides is 2. The topological polar surface area (TPSA) is 102 Å². The van der Waals surface area contributed by atoms with E-state index in [9.17, 15) is 9.59 Å². The van der Waals surface area contributed by atoms with Crippen LogP contribution in [0.2, 0.25) is 0 Å². The highest BCUT2D eigenvalue weighted by Crippen LogP contribution is 2.28. The number of piperazine rings is 1. The van der Waals surface area contributed by atoms with Gasteiger partial charge in [-0.25, -0.2) is 14.8 Å². The van der Waals surface area contributed by atoms with E-state index in [1.54, 1.807) is 11.8 Å². The molecule has 0 unspecified atom stereocenters. The van der Waals surface area contributed by atoms with Crippen LogP contribution >= 0.6 is 0 Å². The summed E-state index contributed by atoms with van der Waals surface area (Å²) in [6.07, 6.45) is -0.197. The molecule has 2 aliphatic rings. The van der Waals surface area contributed by atoms with Gasteiger partial charge in [-0.1, -0.05) is 0 Å². The number of aromatic nitrogens is 2. The minimum atomic E-state index is -0.883. The Bertz CT molecular complexity index is 700. The van der Waals surface area contributed by atoms with Crippen molar-refractivity contribution in [2.45, 2.75) is 39.8 Å². The van der Waals surface area contributed by atoms with Crippen LogP contribution in [0.3, 0.4) is 0 Å². The minimum Gasteiger partial charge on any atom is -0.465 e. The molecule has 2 aliphatic heterocycles. The van der Waals surface area contributed by atoms with Crippen LogP contribution < -0.4 is 10.2 Å². The first-order chi connectivity index (χ1) is 12.3. The SMILES string of the molecule is CC(=O)N1CCc2nc(N3CCN(C(=O)O)CC3)c(NC(C)C)nc2C1. The molecule has 1 fully saturated rings. The van der Waals surface area contributed by atoms with Crippen molar-refractivity contribution in [3.63, 3.8) is 0 Å². The third-order valence-corrected chi connectivity index (χ3v) is 4.71. The molecule has 3 rings (SSSR count). The molecule has 0 radical (unpaired) electrons. The molecular weight excluding hydrogens is 336 g/mol. The molecule has 1 aromatic heterocycles. The number of carbonyl (C=O) groups is 2. The summed E-state index contributed by atoms with van der Waals surface area (Å²) < 4.78 is 0. The van der Waals surface area contributed by atoms with Crippen LogP contribution in [-0.2, 0) is 17.8 Å². The second-order valence-electron chi connectivity index (χ2n) is 7.04. The van der Waals surface area contributed by atoms with Gasteiger partial charge in [0.25, 0.3) is 0 Å². The number of carbonyl (C=O) groups excluding carboxylic acids is 1. The molecule has 9 nitrogen and oxygen atoms in total. The van der Waals surface area contributed by atoms with E-state index in [1.807, 2.05) is 13.8 Å². The van der Waals surface area contributed by atoms with Crippen molar-refractivity contribution in [1.29, 1.82) is 0 Å². The van der Waals surface area contributed by atoms with Crippen LogP contribution in [-0.4, -0.2) is 75.6 Å². The summed E-state index contributed by atoms with van der Waals surface area (Å²) in [5, 5.41) is 12.5. The zero-order valence-electron chi connectivity index (χ0n) is 15.5. The summed E-state index contributed by atoms with van der Waals surface area (Å²) in [5.74, 6) is 1.52. The first kappa shape index (κ1) is 18.2. The third-order valence-electron chi connectivity index (χ3n) is 4.71. The summed E-state index contributed by atoms with van der Waals surface area (Å²) in [6, 6.07) is 0.189. The lowest BCUT2D eigenvalue weighted by molar-refractivity contribution is -0.129. The smallest absolute Gasteiger partial charge is 0.407 e. The number of nitrogens with one attached hydrogen (secondary N) is 1. The second-order valence-corrected chi connectivity index (χ2v) is 7.04. The standard InChI is InChI=1S/C17H26N6O3/c1-11(2)18-15-16(21-6-8-22(9-7-21)17(25)26)20-13-4-5-23(12(3)24)10-14(13)19-15/h11H,4-10H2,1-3H3,(H,18,19)(H,25,26). The van der Waals surface area contributed by atoms with Gasteiger partial charge >= 0.3 is 6.09 Å². The molecule has 0 saturated carbocycles. The van der Waals surface area contributed by atoms with Gasteiger partial charge in [0, 0.05) is 52.1 Å². The van der Waals surface area contributed by atoms with Crippen LogP contribution in [0.15, 0.2) is 0 Å². The van der Waals surface area contributed by atoms with Crippen LogP contribution in [0.1, 0.15) is 32.2 Å². The van der Waals surface area contributed by atoms with E-state index < -0.39 is 6.09 Å². The number of nitrogens with zero attached hydrogens (tertiary/aromatic N) is 5. The fraction of sp³-hybridized carbons (Fsp3) is 0.647. The van der Waals surface area contributed by atoms with E-state index >= 15 is 0 Å². The first-order valence-electron chi connectivity index (χ1n) is 8.99. The maximum Gasteiger partial charge on any atom is 0.407 e. The fourth-order valence-corrected chi connectivity index (χ4v) is 3.29. The Balaban J connectivity index is 1.87. The summed E-state index contributed by atoms with van der Waals surface area (Å²) >= 11 is 0. The Morgan fingerprint density at radius 3 is 2.31 bits per heavy atom. The number of rotatable bonds is 3. The van der Waals surface area contributed by atoms with E-state index in [1.165, 1.54) is 4.90 Å². The van der Waals surface area contributed by atoms with E-state index in [0.717, 1.165) is 17.2 Å². The van der Waals surface area contributed by atoms with Gasteiger partial charge in [0.2, 0.25) is 5.91 Å². The predicted octanol–water partition coefficient (Wildman–Crippen LogP) is 1.00. The van der Waals surface area contributed by atoms with Crippen LogP contribution in [0.5, 0.6) is 0 Å². The van der Waals surface area contributed by atoms with Crippen LogP contribution in [0.25, 0.3) is 0 Å². The lowest BCUT2D eigenvalue weighted by Gasteiger charge is -2.36. The average molecular weight is 362 g/mol. The van der Waals surface area contributed by atoms with E-state index in [0.29, 0.717) is 51.5 Å². The Morgan fingerprint density at radius 1 is 1.04 bits per heavy atom. The van der Waals surface area contributed by atoms with Crippen molar-refractivity contribution in [1.82, 2.24) is 19.8 Å². The Kier molecular flexibility index (Phi) is 5.15. The molecule has 142 valence electrons. The Hall–Kier alpha value is -2.58. The van der Waals surface area contributed by atoms with Crippen LogP contribution in [0, 0.1) is 0 Å². The van der Waals surface area contributed by atoms with Gasteiger partial charge in [-0.3, -0.25) is 4.79 Å². The van der Waals surface area contributed by atoms with Gasteiger partial charge in [0.1, 0.15) is 0 Å².